The van der Waals surface area contributed by atoms with Gasteiger partial charge in [0.2, 0.25) is 5.91 Å². The highest BCUT2D eigenvalue weighted by molar-refractivity contribution is 7.12. The molecule has 1 aliphatic rings. The molecule has 5 nitrogen and oxygen atoms in total. The molecular weight excluding hydrogens is 288 g/mol. The molecule has 0 aliphatic heterocycles. The zero-order valence-corrected chi connectivity index (χ0v) is 13.1. The van der Waals surface area contributed by atoms with Crippen LogP contribution in [0.25, 0.3) is 0 Å². The standard InChI is InChI=1S/C15H22N2O3S/c1-17(14(20)12-5-4-8-21-12)9-13(19)16-10-15(11-18)6-2-3-7-15/h4-5,8,18H,2-3,6-7,9-11H2,1H3,(H,16,19). The molecule has 0 aromatic carbocycles. The Kier molecular flexibility index (Phi) is 5.36. The van der Waals surface area contributed by atoms with E-state index in [0.717, 1.165) is 25.7 Å². The largest absolute Gasteiger partial charge is 0.396 e. The number of rotatable bonds is 6. The molecule has 0 spiro atoms. The van der Waals surface area contributed by atoms with Crippen LogP contribution in [-0.4, -0.2) is 48.6 Å². The summed E-state index contributed by atoms with van der Waals surface area (Å²) >= 11 is 1.37. The van der Waals surface area contributed by atoms with E-state index in [1.807, 2.05) is 11.4 Å². The minimum Gasteiger partial charge on any atom is -0.396 e. The van der Waals surface area contributed by atoms with Gasteiger partial charge in [-0.3, -0.25) is 9.59 Å². The topological polar surface area (TPSA) is 69.6 Å². The van der Waals surface area contributed by atoms with Crippen LogP contribution in [0.3, 0.4) is 0 Å². The average Bonchev–Trinajstić information content (AvgIpc) is 3.16. The van der Waals surface area contributed by atoms with E-state index in [1.54, 1.807) is 13.1 Å². The molecule has 1 aromatic rings. The Bertz CT molecular complexity index is 481. The highest BCUT2D eigenvalue weighted by Crippen LogP contribution is 2.36. The van der Waals surface area contributed by atoms with E-state index in [9.17, 15) is 14.7 Å². The van der Waals surface area contributed by atoms with Gasteiger partial charge in [0.1, 0.15) is 0 Å². The first-order valence-electron chi connectivity index (χ1n) is 7.23. The summed E-state index contributed by atoms with van der Waals surface area (Å²) in [6.45, 7) is 0.638. The third-order valence-corrected chi connectivity index (χ3v) is 4.98. The number of likely N-dealkylation sites (N-methyl/N-ethyl adjacent to an activating group) is 1. The quantitative estimate of drug-likeness (QED) is 0.836. The Labute approximate surface area is 129 Å². The normalized spacial score (nSPS) is 16.7. The van der Waals surface area contributed by atoms with Crippen molar-refractivity contribution in [3.63, 3.8) is 0 Å². The summed E-state index contributed by atoms with van der Waals surface area (Å²) in [4.78, 5) is 26.0. The fourth-order valence-electron chi connectivity index (χ4n) is 2.73. The number of nitrogens with zero attached hydrogens (tertiary/aromatic N) is 1. The molecule has 1 saturated carbocycles. The molecule has 1 aromatic heterocycles. The predicted molar refractivity (Wildman–Crippen MR) is 82.3 cm³/mol. The number of hydrogen-bond acceptors (Lipinski definition) is 4. The van der Waals surface area contributed by atoms with Crippen molar-refractivity contribution in [3.05, 3.63) is 22.4 Å². The fourth-order valence-corrected chi connectivity index (χ4v) is 3.45. The van der Waals surface area contributed by atoms with Crippen molar-refractivity contribution < 1.29 is 14.7 Å². The van der Waals surface area contributed by atoms with Gasteiger partial charge in [-0.2, -0.15) is 0 Å². The first-order valence-corrected chi connectivity index (χ1v) is 8.11. The van der Waals surface area contributed by atoms with Crippen LogP contribution in [0.1, 0.15) is 35.4 Å². The first kappa shape index (κ1) is 16.0. The third kappa shape index (κ3) is 4.04. The van der Waals surface area contributed by atoms with Crippen LogP contribution in [0.15, 0.2) is 17.5 Å². The molecule has 2 N–H and O–H groups in total. The number of aliphatic hydroxyl groups excluding tert-OH is 1. The van der Waals surface area contributed by atoms with E-state index in [2.05, 4.69) is 5.32 Å². The number of hydrogen-bond donors (Lipinski definition) is 2. The smallest absolute Gasteiger partial charge is 0.264 e. The lowest BCUT2D eigenvalue weighted by atomic mass is 9.87. The predicted octanol–water partition coefficient (Wildman–Crippen LogP) is 1.49. The van der Waals surface area contributed by atoms with Gasteiger partial charge in [0.05, 0.1) is 18.0 Å². The molecule has 1 heterocycles. The fraction of sp³-hybridized carbons (Fsp3) is 0.600. The maximum atomic E-state index is 12.0. The van der Waals surface area contributed by atoms with Crippen molar-refractivity contribution in [2.24, 2.45) is 5.41 Å². The zero-order chi connectivity index (χ0) is 15.3. The highest BCUT2D eigenvalue weighted by atomic mass is 32.1. The van der Waals surface area contributed by atoms with Crippen LogP contribution in [0.5, 0.6) is 0 Å². The second-order valence-electron chi connectivity index (χ2n) is 5.78. The number of amides is 2. The van der Waals surface area contributed by atoms with Gasteiger partial charge in [0.25, 0.3) is 5.91 Å². The molecule has 2 rings (SSSR count). The number of aliphatic hydroxyl groups is 1. The molecule has 0 atom stereocenters. The van der Waals surface area contributed by atoms with Gasteiger partial charge < -0.3 is 15.3 Å². The maximum absolute atomic E-state index is 12.0. The SMILES string of the molecule is CN(CC(=O)NCC1(CO)CCCC1)C(=O)c1cccs1. The number of carbonyl (C=O) groups is 2. The van der Waals surface area contributed by atoms with E-state index in [-0.39, 0.29) is 30.4 Å². The number of nitrogens with one attached hydrogen (secondary N) is 1. The summed E-state index contributed by atoms with van der Waals surface area (Å²) in [5.41, 5.74) is -0.161. The highest BCUT2D eigenvalue weighted by Gasteiger charge is 2.33. The summed E-state index contributed by atoms with van der Waals surface area (Å²) in [7, 11) is 1.62. The number of thiophene rings is 1. The summed E-state index contributed by atoms with van der Waals surface area (Å²) in [6, 6.07) is 3.57. The molecule has 0 saturated heterocycles. The van der Waals surface area contributed by atoms with Gasteiger partial charge in [-0.05, 0) is 24.3 Å². The van der Waals surface area contributed by atoms with E-state index < -0.39 is 0 Å². The van der Waals surface area contributed by atoms with Gasteiger partial charge in [-0.1, -0.05) is 18.9 Å². The van der Waals surface area contributed by atoms with Gasteiger partial charge in [-0.15, -0.1) is 11.3 Å². The third-order valence-electron chi connectivity index (χ3n) is 4.12. The molecule has 2 amide bonds. The van der Waals surface area contributed by atoms with Gasteiger partial charge in [0.15, 0.2) is 0 Å². The van der Waals surface area contributed by atoms with Crippen molar-refractivity contribution in [1.82, 2.24) is 10.2 Å². The molecule has 0 bridgehead atoms. The van der Waals surface area contributed by atoms with Crippen molar-refractivity contribution in [2.75, 3.05) is 26.7 Å². The Morgan fingerprint density at radius 1 is 1.43 bits per heavy atom. The molecule has 1 aliphatic carbocycles. The summed E-state index contributed by atoms with van der Waals surface area (Å²) in [6.07, 6.45) is 4.11. The van der Waals surface area contributed by atoms with Crippen molar-refractivity contribution in [1.29, 1.82) is 0 Å². The van der Waals surface area contributed by atoms with Crippen LogP contribution in [0, 0.1) is 5.41 Å². The second kappa shape index (κ2) is 7.04. The molecule has 0 unspecified atom stereocenters. The van der Waals surface area contributed by atoms with Crippen molar-refractivity contribution in [2.45, 2.75) is 25.7 Å². The van der Waals surface area contributed by atoms with Crippen LogP contribution in [0.4, 0.5) is 0 Å². The van der Waals surface area contributed by atoms with E-state index in [4.69, 9.17) is 0 Å². The van der Waals surface area contributed by atoms with E-state index >= 15 is 0 Å². The summed E-state index contributed by atoms with van der Waals surface area (Å²) < 4.78 is 0. The lowest BCUT2D eigenvalue weighted by Crippen LogP contribution is -2.43. The maximum Gasteiger partial charge on any atom is 0.264 e. The zero-order valence-electron chi connectivity index (χ0n) is 12.3. The molecule has 6 heteroatoms. The van der Waals surface area contributed by atoms with Gasteiger partial charge in [-0.25, -0.2) is 0 Å². The average molecular weight is 310 g/mol. The summed E-state index contributed by atoms with van der Waals surface area (Å²) in [5.74, 6) is -0.319. The monoisotopic (exact) mass is 310 g/mol. The van der Waals surface area contributed by atoms with E-state index in [0.29, 0.717) is 11.4 Å². The molecule has 0 radical (unpaired) electrons. The van der Waals surface area contributed by atoms with Crippen LogP contribution in [0.2, 0.25) is 0 Å². The Morgan fingerprint density at radius 2 is 2.14 bits per heavy atom. The molecule has 116 valence electrons. The molecule has 1 fully saturated rings. The second-order valence-corrected chi connectivity index (χ2v) is 6.73. The lowest BCUT2D eigenvalue weighted by molar-refractivity contribution is -0.122. The first-order chi connectivity index (χ1) is 10.1. The summed E-state index contributed by atoms with van der Waals surface area (Å²) in [5, 5.41) is 14.2. The minimum atomic E-state index is -0.179. The Hall–Kier alpha value is -1.40. The Balaban J connectivity index is 1.80. The molecule has 21 heavy (non-hydrogen) atoms. The van der Waals surface area contributed by atoms with Gasteiger partial charge in [0, 0.05) is 19.0 Å². The molecular formula is C15H22N2O3S. The van der Waals surface area contributed by atoms with Crippen molar-refractivity contribution >= 4 is 23.2 Å². The van der Waals surface area contributed by atoms with Crippen LogP contribution in [-0.2, 0) is 4.79 Å². The van der Waals surface area contributed by atoms with E-state index in [1.165, 1.54) is 16.2 Å². The van der Waals surface area contributed by atoms with Crippen molar-refractivity contribution in [3.8, 4) is 0 Å². The minimum absolute atomic E-state index is 0.0399. The Morgan fingerprint density at radius 3 is 2.71 bits per heavy atom. The number of carbonyl (C=O) groups excluding carboxylic acids is 2. The van der Waals surface area contributed by atoms with Gasteiger partial charge >= 0.3 is 0 Å². The van der Waals surface area contributed by atoms with Crippen LogP contribution < -0.4 is 5.32 Å². The van der Waals surface area contributed by atoms with Crippen LogP contribution >= 0.6 is 11.3 Å². The lowest BCUT2D eigenvalue weighted by Gasteiger charge is -2.27.